The number of amidine groups is 1. The van der Waals surface area contributed by atoms with E-state index in [2.05, 4.69) is 10.3 Å². The summed E-state index contributed by atoms with van der Waals surface area (Å²) in [7, 11) is 1.63. The molecule has 1 aliphatic rings. The summed E-state index contributed by atoms with van der Waals surface area (Å²) in [5.74, 6) is 1.09. The lowest BCUT2D eigenvalue weighted by Gasteiger charge is -2.04. The van der Waals surface area contributed by atoms with Crippen molar-refractivity contribution in [1.82, 2.24) is 5.32 Å². The predicted molar refractivity (Wildman–Crippen MR) is 91.8 cm³/mol. The van der Waals surface area contributed by atoms with Gasteiger partial charge in [-0.25, -0.2) is 4.99 Å². The zero-order valence-corrected chi connectivity index (χ0v) is 13.5. The Labute approximate surface area is 139 Å². The minimum atomic E-state index is -0.228. The van der Waals surface area contributed by atoms with Crippen molar-refractivity contribution >= 4 is 29.4 Å². The SMILES string of the molecule is COc1ccc(/C=C2/N=C(c3cccc(Cl)c3)NC2=O)cc1C. The van der Waals surface area contributed by atoms with Gasteiger partial charge < -0.3 is 10.1 Å². The van der Waals surface area contributed by atoms with Crippen molar-refractivity contribution in [2.45, 2.75) is 6.92 Å². The van der Waals surface area contributed by atoms with Crippen LogP contribution in [0.2, 0.25) is 5.02 Å². The van der Waals surface area contributed by atoms with Crippen LogP contribution < -0.4 is 10.1 Å². The Morgan fingerprint density at radius 2 is 2.04 bits per heavy atom. The normalized spacial score (nSPS) is 15.5. The molecule has 0 unspecified atom stereocenters. The molecule has 0 saturated carbocycles. The van der Waals surface area contributed by atoms with Crippen LogP contribution in [0.4, 0.5) is 0 Å². The number of ether oxygens (including phenoxy) is 1. The minimum absolute atomic E-state index is 0.228. The van der Waals surface area contributed by atoms with E-state index in [9.17, 15) is 4.79 Å². The highest BCUT2D eigenvalue weighted by Crippen LogP contribution is 2.22. The minimum Gasteiger partial charge on any atom is -0.496 e. The molecular weight excluding hydrogens is 312 g/mol. The molecule has 0 fully saturated rings. The number of rotatable bonds is 3. The zero-order valence-electron chi connectivity index (χ0n) is 12.8. The van der Waals surface area contributed by atoms with Crippen LogP contribution in [-0.4, -0.2) is 18.9 Å². The molecule has 1 heterocycles. The number of methoxy groups -OCH3 is 1. The van der Waals surface area contributed by atoms with Gasteiger partial charge >= 0.3 is 0 Å². The molecule has 1 aliphatic heterocycles. The summed E-state index contributed by atoms with van der Waals surface area (Å²) in [5, 5.41) is 3.36. The third-order valence-electron chi connectivity index (χ3n) is 3.52. The van der Waals surface area contributed by atoms with Crippen molar-refractivity contribution in [3.63, 3.8) is 0 Å². The molecule has 0 aliphatic carbocycles. The Morgan fingerprint density at radius 1 is 1.22 bits per heavy atom. The first-order valence-corrected chi connectivity index (χ1v) is 7.47. The summed E-state index contributed by atoms with van der Waals surface area (Å²) in [5.41, 5.74) is 3.04. The van der Waals surface area contributed by atoms with Gasteiger partial charge in [0.2, 0.25) is 0 Å². The summed E-state index contributed by atoms with van der Waals surface area (Å²) in [4.78, 5) is 16.5. The van der Waals surface area contributed by atoms with Crippen LogP contribution >= 0.6 is 11.6 Å². The number of aryl methyl sites for hydroxylation is 1. The first-order valence-electron chi connectivity index (χ1n) is 7.09. The molecule has 2 aromatic carbocycles. The number of aliphatic imine (C=N–C) groups is 1. The van der Waals surface area contributed by atoms with Gasteiger partial charge in [-0.2, -0.15) is 0 Å². The number of carbonyl (C=O) groups is 1. The highest BCUT2D eigenvalue weighted by molar-refractivity contribution is 6.31. The van der Waals surface area contributed by atoms with Gasteiger partial charge in [-0.1, -0.05) is 29.8 Å². The largest absolute Gasteiger partial charge is 0.496 e. The first kappa shape index (κ1) is 15.3. The van der Waals surface area contributed by atoms with Gasteiger partial charge in [0.15, 0.2) is 0 Å². The summed E-state index contributed by atoms with van der Waals surface area (Å²) in [6.45, 7) is 1.95. The van der Waals surface area contributed by atoms with Crippen LogP contribution in [0.25, 0.3) is 6.08 Å². The van der Waals surface area contributed by atoms with Gasteiger partial charge in [-0.05, 0) is 48.4 Å². The van der Waals surface area contributed by atoms with Crippen LogP contribution in [0.15, 0.2) is 53.2 Å². The Balaban J connectivity index is 1.93. The number of halogens is 1. The van der Waals surface area contributed by atoms with E-state index < -0.39 is 0 Å². The zero-order chi connectivity index (χ0) is 16.4. The van der Waals surface area contributed by atoms with E-state index in [4.69, 9.17) is 16.3 Å². The lowest BCUT2D eigenvalue weighted by Crippen LogP contribution is -2.24. The van der Waals surface area contributed by atoms with E-state index in [0.29, 0.717) is 16.6 Å². The molecule has 0 bridgehead atoms. The van der Waals surface area contributed by atoms with Gasteiger partial charge in [0.25, 0.3) is 5.91 Å². The second kappa shape index (κ2) is 6.26. The number of nitrogens with one attached hydrogen (secondary N) is 1. The van der Waals surface area contributed by atoms with Crippen molar-refractivity contribution in [3.8, 4) is 5.75 Å². The second-order valence-corrected chi connectivity index (χ2v) is 5.62. The number of amides is 1. The third-order valence-corrected chi connectivity index (χ3v) is 3.75. The van der Waals surface area contributed by atoms with E-state index in [1.807, 2.05) is 37.3 Å². The summed E-state index contributed by atoms with van der Waals surface area (Å²) < 4.78 is 5.24. The number of nitrogens with zero attached hydrogens (tertiary/aromatic N) is 1. The fraction of sp³-hybridized carbons (Fsp3) is 0.111. The lowest BCUT2D eigenvalue weighted by molar-refractivity contribution is -0.115. The fourth-order valence-electron chi connectivity index (χ4n) is 2.39. The van der Waals surface area contributed by atoms with Crippen molar-refractivity contribution in [2.75, 3.05) is 7.11 Å². The van der Waals surface area contributed by atoms with Crippen LogP contribution in [0.5, 0.6) is 5.75 Å². The molecule has 4 nitrogen and oxygen atoms in total. The molecule has 0 aromatic heterocycles. The lowest BCUT2D eigenvalue weighted by atomic mass is 10.1. The smallest absolute Gasteiger partial charge is 0.275 e. The average Bonchev–Trinajstić information content (AvgIpc) is 2.89. The molecule has 3 rings (SSSR count). The van der Waals surface area contributed by atoms with Crippen LogP contribution in [0.1, 0.15) is 16.7 Å². The standard InChI is InChI=1S/C18H15ClN2O2/c1-11-8-12(6-7-16(11)23-2)9-15-18(22)21-17(20-15)13-4-3-5-14(19)10-13/h3-10H,1-2H3,(H,20,21,22)/b15-9+. The molecule has 2 aromatic rings. The second-order valence-electron chi connectivity index (χ2n) is 5.18. The van der Waals surface area contributed by atoms with Crippen molar-refractivity contribution in [1.29, 1.82) is 0 Å². The van der Waals surface area contributed by atoms with Crippen molar-refractivity contribution in [3.05, 3.63) is 69.9 Å². The number of benzene rings is 2. The van der Waals surface area contributed by atoms with Gasteiger partial charge in [-0.15, -0.1) is 0 Å². The summed E-state index contributed by atoms with van der Waals surface area (Å²) >= 11 is 5.98. The molecule has 0 atom stereocenters. The number of hydrogen-bond donors (Lipinski definition) is 1. The predicted octanol–water partition coefficient (Wildman–Crippen LogP) is 3.57. The molecule has 116 valence electrons. The van der Waals surface area contributed by atoms with E-state index in [1.165, 1.54) is 0 Å². The maximum Gasteiger partial charge on any atom is 0.275 e. The summed E-state index contributed by atoms with van der Waals surface area (Å²) in [6, 6.07) is 12.9. The van der Waals surface area contributed by atoms with Crippen LogP contribution in [0.3, 0.4) is 0 Å². The van der Waals surface area contributed by atoms with E-state index in [1.54, 1.807) is 25.3 Å². The highest BCUT2D eigenvalue weighted by atomic mass is 35.5. The maximum atomic E-state index is 12.1. The monoisotopic (exact) mass is 326 g/mol. The molecular formula is C18H15ClN2O2. The van der Waals surface area contributed by atoms with E-state index in [-0.39, 0.29) is 5.91 Å². The van der Waals surface area contributed by atoms with E-state index in [0.717, 1.165) is 22.4 Å². The van der Waals surface area contributed by atoms with Crippen molar-refractivity contribution < 1.29 is 9.53 Å². The topological polar surface area (TPSA) is 50.7 Å². The maximum absolute atomic E-state index is 12.1. The van der Waals surface area contributed by atoms with Gasteiger partial charge in [0.1, 0.15) is 17.3 Å². The molecule has 1 N–H and O–H groups in total. The van der Waals surface area contributed by atoms with E-state index >= 15 is 0 Å². The summed E-state index contributed by atoms with van der Waals surface area (Å²) in [6.07, 6.45) is 1.75. The molecule has 0 saturated heterocycles. The van der Waals surface area contributed by atoms with Crippen LogP contribution in [-0.2, 0) is 4.79 Å². The average molecular weight is 327 g/mol. The molecule has 1 amide bonds. The quantitative estimate of drug-likeness (QED) is 0.877. The Kier molecular flexibility index (Phi) is 4.17. The van der Waals surface area contributed by atoms with Gasteiger partial charge in [0, 0.05) is 10.6 Å². The Hall–Kier alpha value is -2.59. The van der Waals surface area contributed by atoms with Crippen LogP contribution in [0, 0.1) is 6.92 Å². The first-order chi connectivity index (χ1) is 11.1. The molecule has 0 radical (unpaired) electrons. The highest BCUT2D eigenvalue weighted by Gasteiger charge is 2.21. The molecule has 23 heavy (non-hydrogen) atoms. The molecule has 5 heteroatoms. The van der Waals surface area contributed by atoms with Crippen molar-refractivity contribution in [2.24, 2.45) is 4.99 Å². The van der Waals surface area contributed by atoms with Gasteiger partial charge in [0.05, 0.1) is 7.11 Å². The van der Waals surface area contributed by atoms with Gasteiger partial charge in [-0.3, -0.25) is 4.79 Å². The Bertz CT molecular complexity index is 841. The third kappa shape index (κ3) is 3.27. The number of carbonyl (C=O) groups excluding carboxylic acids is 1. The number of hydrogen-bond acceptors (Lipinski definition) is 3. The fourth-order valence-corrected chi connectivity index (χ4v) is 2.58. The molecule has 0 spiro atoms. The Morgan fingerprint density at radius 3 is 2.74 bits per heavy atom.